The molecule has 96 valence electrons. The van der Waals surface area contributed by atoms with Gasteiger partial charge in [-0.15, -0.1) is 0 Å². The third-order valence-electron chi connectivity index (χ3n) is 3.87. The van der Waals surface area contributed by atoms with E-state index >= 15 is 0 Å². The summed E-state index contributed by atoms with van der Waals surface area (Å²) in [6.45, 7) is 7.77. The normalized spacial score (nSPS) is 26.2. The minimum absolute atomic E-state index is 0.214. The lowest BCUT2D eigenvalue weighted by Gasteiger charge is -2.42. The van der Waals surface area contributed by atoms with Crippen LogP contribution in [0, 0.1) is 0 Å². The Balaban J connectivity index is 2.67. The van der Waals surface area contributed by atoms with E-state index in [2.05, 4.69) is 37.7 Å². The lowest BCUT2D eigenvalue weighted by molar-refractivity contribution is 0.0738. The van der Waals surface area contributed by atoms with E-state index in [1.165, 1.54) is 38.8 Å². The van der Waals surface area contributed by atoms with Crippen LogP contribution in [0.3, 0.4) is 0 Å². The molecule has 1 heterocycles. The Bertz CT molecular complexity index is 205. The number of hydrogen-bond donors (Lipinski definition) is 1. The van der Waals surface area contributed by atoms with E-state index in [9.17, 15) is 0 Å². The molecule has 1 saturated heterocycles. The summed E-state index contributed by atoms with van der Waals surface area (Å²) in [7, 11) is 4.33. The van der Waals surface area contributed by atoms with Crippen LogP contribution in [0.1, 0.15) is 39.5 Å². The zero-order chi connectivity index (χ0) is 12.2. The second-order valence-corrected chi connectivity index (χ2v) is 5.70. The molecule has 0 aromatic heterocycles. The summed E-state index contributed by atoms with van der Waals surface area (Å²) in [5.41, 5.74) is 6.22. The standard InChI is InChI=1S/C13H29N3/c1-5-8-13(2,11-14)16-9-6-7-12(16)10-15(3)4/h12H,5-11,14H2,1-4H3. The molecule has 0 aromatic rings. The highest BCUT2D eigenvalue weighted by molar-refractivity contribution is 4.95. The molecule has 3 nitrogen and oxygen atoms in total. The predicted octanol–water partition coefficient (Wildman–Crippen LogP) is 1.53. The number of hydrogen-bond acceptors (Lipinski definition) is 3. The minimum Gasteiger partial charge on any atom is -0.329 e. The fourth-order valence-electron chi connectivity index (χ4n) is 3.06. The van der Waals surface area contributed by atoms with Gasteiger partial charge in [0.05, 0.1) is 0 Å². The summed E-state index contributed by atoms with van der Waals surface area (Å²) in [5.74, 6) is 0. The van der Waals surface area contributed by atoms with E-state index in [4.69, 9.17) is 5.73 Å². The summed E-state index contributed by atoms with van der Waals surface area (Å²) in [5, 5.41) is 0. The average molecular weight is 227 g/mol. The summed E-state index contributed by atoms with van der Waals surface area (Å²) in [6.07, 6.45) is 5.10. The number of rotatable bonds is 6. The Labute approximate surface area is 101 Å². The zero-order valence-corrected chi connectivity index (χ0v) is 11.5. The average Bonchev–Trinajstić information content (AvgIpc) is 2.65. The third kappa shape index (κ3) is 3.19. The molecule has 0 saturated carbocycles. The van der Waals surface area contributed by atoms with Crippen molar-refractivity contribution in [2.24, 2.45) is 5.73 Å². The van der Waals surface area contributed by atoms with Crippen LogP contribution in [-0.2, 0) is 0 Å². The summed E-state index contributed by atoms with van der Waals surface area (Å²) in [6, 6.07) is 0.704. The molecule has 0 spiro atoms. The van der Waals surface area contributed by atoms with Crippen LogP contribution in [0.2, 0.25) is 0 Å². The van der Waals surface area contributed by atoms with Crippen molar-refractivity contribution in [2.45, 2.75) is 51.1 Å². The van der Waals surface area contributed by atoms with Gasteiger partial charge in [-0.25, -0.2) is 0 Å². The maximum atomic E-state index is 6.01. The first-order valence-electron chi connectivity index (χ1n) is 6.65. The van der Waals surface area contributed by atoms with Crippen molar-refractivity contribution in [1.82, 2.24) is 9.80 Å². The first-order chi connectivity index (χ1) is 7.53. The Hall–Kier alpha value is -0.120. The topological polar surface area (TPSA) is 32.5 Å². The van der Waals surface area contributed by atoms with Crippen molar-refractivity contribution >= 4 is 0 Å². The van der Waals surface area contributed by atoms with Crippen LogP contribution in [0.4, 0.5) is 0 Å². The van der Waals surface area contributed by atoms with Crippen molar-refractivity contribution in [3.8, 4) is 0 Å². The Morgan fingerprint density at radius 3 is 2.62 bits per heavy atom. The van der Waals surface area contributed by atoms with Gasteiger partial charge < -0.3 is 10.6 Å². The van der Waals surface area contributed by atoms with Crippen LogP contribution in [0.25, 0.3) is 0 Å². The van der Waals surface area contributed by atoms with E-state index in [0.717, 1.165) is 6.54 Å². The summed E-state index contributed by atoms with van der Waals surface area (Å²) >= 11 is 0. The van der Waals surface area contributed by atoms with Gasteiger partial charge in [-0.05, 0) is 46.8 Å². The first-order valence-corrected chi connectivity index (χ1v) is 6.65. The highest BCUT2D eigenvalue weighted by Crippen LogP contribution is 2.29. The zero-order valence-electron chi connectivity index (χ0n) is 11.5. The molecule has 1 rings (SSSR count). The molecule has 1 aliphatic rings. The van der Waals surface area contributed by atoms with Gasteiger partial charge in [-0.3, -0.25) is 4.90 Å². The molecule has 2 atom stereocenters. The van der Waals surface area contributed by atoms with E-state index in [1.807, 2.05) is 0 Å². The van der Waals surface area contributed by atoms with Crippen LogP contribution in [0.5, 0.6) is 0 Å². The number of nitrogens with two attached hydrogens (primary N) is 1. The molecule has 0 aliphatic carbocycles. The molecule has 16 heavy (non-hydrogen) atoms. The molecule has 0 amide bonds. The molecule has 0 aromatic carbocycles. The number of nitrogens with zero attached hydrogens (tertiary/aromatic N) is 2. The molecule has 2 unspecified atom stereocenters. The summed E-state index contributed by atoms with van der Waals surface area (Å²) < 4.78 is 0. The molecule has 3 heteroatoms. The lowest BCUT2D eigenvalue weighted by Crippen LogP contribution is -2.55. The molecular formula is C13H29N3. The smallest absolute Gasteiger partial charge is 0.0306 e. The highest BCUT2D eigenvalue weighted by Gasteiger charge is 2.37. The maximum absolute atomic E-state index is 6.01. The van der Waals surface area contributed by atoms with E-state index in [0.29, 0.717) is 6.04 Å². The minimum atomic E-state index is 0.214. The van der Waals surface area contributed by atoms with Gasteiger partial charge in [0.15, 0.2) is 0 Å². The SMILES string of the molecule is CCCC(C)(CN)N1CCCC1CN(C)C. The Morgan fingerprint density at radius 2 is 2.12 bits per heavy atom. The fourth-order valence-corrected chi connectivity index (χ4v) is 3.06. The van der Waals surface area contributed by atoms with Gasteiger partial charge >= 0.3 is 0 Å². The monoisotopic (exact) mass is 227 g/mol. The third-order valence-corrected chi connectivity index (χ3v) is 3.87. The number of likely N-dealkylation sites (tertiary alicyclic amines) is 1. The van der Waals surface area contributed by atoms with Crippen LogP contribution >= 0.6 is 0 Å². The largest absolute Gasteiger partial charge is 0.329 e. The van der Waals surface area contributed by atoms with Crippen molar-refractivity contribution in [3.05, 3.63) is 0 Å². The van der Waals surface area contributed by atoms with Gasteiger partial charge in [0.1, 0.15) is 0 Å². The molecule has 1 aliphatic heterocycles. The first kappa shape index (κ1) is 13.9. The summed E-state index contributed by atoms with van der Waals surface area (Å²) in [4.78, 5) is 4.96. The van der Waals surface area contributed by atoms with Crippen molar-refractivity contribution in [3.63, 3.8) is 0 Å². The molecule has 1 fully saturated rings. The molecule has 2 N–H and O–H groups in total. The maximum Gasteiger partial charge on any atom is 0.0306 e. The highest BCUT2D eigenvalue weighted by atomic mass is 15.3. The second kappa shape index (κ2) is 5.99. The van der Waals surface area contributed by atoms with Gasteiger partial charge in [0, 0.05) is 24.7 Å². The second-order valence-electron chi connectivity index (χ2n) is 5.70. The molecular weight excluding hydrogens is 198 g/mol. The van der Waals surface area contributed by atoms with E-state index in [-0.39, 0.29) is 5.54 Å². The predicted molar refractivity (Wildman–Crippen MR) is 70.6 cm³/mol. The van der Waals surface area contributed by atoms with Gasteiger partial charge in [0.2, 0.25) is 0 Å². The lowest BCUT2D eigenvalue weighted by atomic mass is 9.93. The molecule has 0 bridgehead atoms. The van der Waals surface area contributed by atoms with Gasteiger partial charge in [-0.2, -0.15) is 0 Å². The van der Waals surface area contributed by atoms with Crippen molar-refractivity contribution < 1.29 is 0 Å². The van der Waals surface area contributed by atoms with Crippen molar-refractivity contribution in [1.29, 1.82) is 0 Å². The molecule has 0 radical (unpaired) electrons. The van der Waals surface area contributed by atoms with Crippen molar-refractivity contribution in [2.75, 3.05) is 33.7 Å². The van der Waals surface area contributed by atoms with Crippen LogP contribution in [-0.4, -0.2) is 55.1 Å². The fraction of sp³-hybridized carbons (Fsp3) is 1.00. The van der Waals surface area contributed by atoms with Gasteiger partial charge in [-0.1, -0.05) is 13.3 Å². The van der Waals surface area contributed by atoms with E-state index < -0.39 is 0 Å². The van der Waals surface area contributed by atoms with E-state index in [1.54, 1.807) is 0 Å². The van der Waals surface area contributed by atoms with Gasteiger partial charge in [0.25, 0.3) is 0 Å². The Morgan fingerprint density at radius 1 is 1.44 bits per heavy atom. The van der Waals surface area contributed by atoms with Crippen LogP contribution in [0.15, 0.2) is 0 Å². The van der Waals surface area contributed by atoms with Crippen LogP contribution < -0.4 is 5.73 Å². The quantitative estimate of drug-likeness (QED) is 0.747. The number of likely N-dealkylation sites (N-methyl/N-ethyl adjacent to an activating group) is 1. The Kier molecular flexibility index (Phi) is 5.22.